The minimum absolute atomic E-state index is 0.0514. The Morgan fingerprint density at radius 2 is 1.93 bits per heavy atom. The van der Waals surface area contributed by atoms with Crippen LogP contribution >= 0.6 is 0 Å². The van der Waals surface area contributed by atoms with Gasteiger partial charge in [0.05, 0.1) is 6.04 Å². The third-order valence-electron chi connectivity index (χ3n) is 4.78. The predicted molar refractivity (Wildman–Crippen MR) is 107 cm³/mol. The number of amides is 2. The number of rotatable bonds is 11. The van der Waals surface area contributed by atoms with Gasteiger partial charge >= 0.3 is 5.97 Å². The number of unbranched alkanes of at least 4 members (excludes halogenated alkanes) is 2. The summed E-state index contributed by atoms with van der Waals surface area (Å²) in [6.07, 6.45) is 4.92. The monoisotopic (exact) mass is 390 g/mol. The van der Waals surface area contributed by atoms with Crippen LogP contribution in [0.15, 0.2) is 24.3 Å². The minimum atomic E-state index is -1.07. The largest absolute Gasteiger partial charge is 0.480 e. The molecule has 1 heterocycles. The van der Waals surface area contributed by atoms with E-state index in [1.54, 1.807) is 24.3 Å². The number of carbonyl (C=O) groups is 3. The summed E-state index contributed by atoms with van der Waals surface area (Å²) >= 11 is 0. The van der Waals surface area contributed by atoms with E-state index in [1.807, 2.05) is 0 Å². The molecule has 0 spiro atoms. The van der Waals surface area contributed by atoms with Gasteiger partial charge in [0.25, 0.3) is 0 Å². The number of carboxylic acids is 1. The number of aliphatic carboxylic acids is 1. The Kier molecular flexibility index (Phi) is 8.90. The van der Waals surface area contributed by atoms with Gasteiger partial charge in [0.2, 0.25) is 11.8 Å². The standard InChI is InChI=1S/C20H30N4O4/c21-11-3-1-2-6-18(25)23-15-9-7-14(8-10-15)13-17(20(27)28)24-19(26)16-5-4-12-22-16/h7-10,16-17,22H,1-6,11-13,21H2,(H,23,25)(H,24,26)(H,27,28). The van der Waals surface area contributed by atoms with Crippen molar-refractivity contribution in [1.29, 1.82) is 0 Å². The molecule has 0 aromatic heterocycles. The minimum Gasteiger partial charge on any atom is -0.480 e. The number of carbonyl (C=O) groups excluding carboxylic acids is 2. The van der Waals surface area contributed by atoms with E-state index >= 15 is 0 Å². The molecule has 154 valence electrons. The Morgan fingerprint density at radius 1 is 1.18 bits per heavy atom. The van der Waals surface area contributed by atoms with Gasteiger partial charge in [0.15, 0.2) is 0 Å². The van der Waals surface area contributed by atoms with Crippen LogP contribution in [0.1, 0.15) is 44.1 Å². The fraction of sp³-hybridized carbons (Fsp3) is 0.550. The Balaban J connectivity index is 1.84. The molecule has 1 fully saturated rings. The van der Waals surface area contributed by atoms with Crippen LogP contribution in [0, 0.1) is 0 Å². The molecule has 2 unspecified atom stereocenters. The first-order valence-corrected chi connectivity index (χ1v) is 9.85. The van der Waals surface area contributed by atoms with E-state index in [1.165, 1.54) is 0 Å². The third kappa shape index (κ3) is 7.28. The van der Waals surface area contributed by atoms with Crippen LogP contribution < -0.4 is 21.7 Å². The highest BCUT2D eigenvalue weighted by atomic mass is 16.4. The molecule has 2 atom stereocenters. The second-order valence-electron chi connectivity index (χ2n) is 7.10. The molecule has 1 saturated heterocycles. The molecule has 0 saturated carbocycles. The van der Waals surface area contributed by atoms with Crippen LogP contribution in [0.5, 0.6) is 0 Å². The molecule has 2 amide bonds. The van der Waals surface area contributed by atoms with Gasteiger partial charge in [-0.05, 0) is 56.5 Å². The van der Waals surface area contributed by atoms with Gasteiger partial charge in [0.1, 0.15) is 6.04 Å². The highest BCUT2D eigenvalue weighted by Gasteiger charge is 2.27. The van der Waals surface area contributed by atoms with E-state index in [9.17, 15) is 19.5 Å². The number of anilines is 1. The molecule has 6 N–H and O–H groups in total. The van der Waals surface area contributed by atoms with Gasteiger partial charge in [-0.2, -0.15) is 0 Å². The van der Waals surface area contributed by atoms with Crippen LogP contribution in [0.4, 0.5) is 5.69 Å². The Bertz CT molecular complexity index is 657. The average molecular weight is 390 g/mol. The van der Waals surface area contributed by atoms with E-state index in [4.69, 9.17) is 5.73 Å². The number of hydrogen-bond acceptors (Lipinski definition) is 5. The zero-order chi connectivity index (χ0) is 20.4. The molecule has 0 radical (unpaired) electrons. The first-order valence-electron chi connectivity index (χ1n) is 9.85. The molecule has 0 aliphatic carbocycles. The Hall–Kier alpha value is -2.45. The van der Waals surface area contributed by atoms with Crippen molar-refractivity contribution in [2.75, 3.05) is 18.4 Å². The maximum absolute atomic E-state index is 12.2. The van der Waals surface area contributed by atoms with Crippen LogP contribution in [-0.2, 0) is 20.8 Å². The van der Waals surface area contributed by atoms with E-state index in [-0.39, 0.29) is 24.3 Å². The fourth-order valence-electron chi connectivity index (χ4n) is 3.17. The van der Waals surface area contributed by atoms with Gasteiger partial charge in [-0.25, -0.2) is 4.79 Å². The molecule has 1 aliphatic rings. The third-order valence-corrected chi connectivity index (χ3v) is 4.78. The van der Waals surface area contributed by atoms with Crippen LogP contribution in [0.2, 0.25) is 0 Å². The molecular weight excluding hydrogens is 360 g/mol. The summed E-state index contributed by atoms with van der Waals surface area (Å²) in [5.74, 6) is -1.39. The summed E-state index contributed by atoms with van der Waals surface area (Å²) < 4.78 is 0. The van der Waals surface area contributed by atoms with Gasteiger partial charge < -0.3 is 26.8 Å². The molecule has 28 heavy (non-hydrogen) atoms. The maximum Gasteiger partial charge on any atom is 0.326 e. The molecule has 8 heteroatoms. The molecule has 1 aliphatic heterocycles. The average Bonchev–Trinajstić information content (AvgIpc) is 3.21. The van der Waals surface area contributed by atoms with Crippen molar-refractivity contribution in [3.05, 3.63) is 29.8 Å². The number of nitrogens with two attached hydrogens (primary N) is 1. The van der Waals surface area contributed by atoms with Gasteiger partial charge in [0, 0.05) is 18.5 Å². The number of nitrogens with one attached hydrogen (secondary N) is 3. The van der Waals surface area contributed by atoms with Gasteiger partial charge in [-0.3, -0.25) is 9.59 Å². The highest BCUT2D eigenvalue weighted by molar-refractivity contribution is 5.90. The van der Waals surface area contributed by atoms with Crippen molar-refractivity contribution in [2.24, 2.45) is 5.73 Å². The first-order chi connectivity index (χ1) is 13.5. The summed E-state index contributed by atoms with van der Waals surface area (Å²) in [5.41, 5.74) is 6.87. The zero-order valence-electron chi connectivity index (χ0n) is 16.1. The lowest BCUT2D eigenvalue weighted by atomic mass is 10.0. The van der Waals surface area contributed by atoms with Crippen molar-refractivity contribution in [3.8, 4) is 0 Å². The van der Waals surface area contributed by atoms with Crippen LogP contribution in [0.3, 0.4) is 0 Å². The molecule has 0 bridgehead atoms. The molecule has 8 nitrogen and oxygen atoms in total. The van der Waals surface area contributed by atoms with Crippen molar-refractivity contribution in [2.45, 2.75) is 57.0 Å². The van der Waals surface area contributed by atoms with Crippen molar-refractivity contribution >= 4 is 23.5 Å². The summed E-state index contributed by atoms with van der Waals surface area (Å²) in [5, 5.41) is 17.9. The SMILES string of the molecule is NCCCCCC(=O)Nc1ccc(CC(NC(=O)C2CCCN2)C(=O)O)cc1. The van der Waals surface area contributed by atoms with E-state index in [0.29, 0.717) is 18.7 Å². The molecule has 1 aromatic rings. The summed E-state index contributed by atoms with van der Waals surface area (Å²) in [6, 6.07) is 5.71. The normalized spacial score (nSPS) is 17.1. The topological polar surface area (TPSA) is 134 Å². The number of carboxylic acid groups (broad SMARTS) is 1. The van der Waals surface area contributed by atoms with Crippen LogP contribution in [-0.4, -0.2) is 48.1 Å². The summed E-state index contributed by atoms with van der Waals surface area (Å²) in [6.45, 7) is 1.41. The fourth-order valence-corrected chi connectivity index (χ4v) is 3.17. The number of hydrogen-bond donors (Lipinski definition) is 5. The zero-order valence-corrected chi connectivity index (χ0v) is 16.1. The van der Waals surface area contributed by atoms with E-state index in [0.717, 1.165) is 44.2 Å². The Morgan fingerprint density at radius 3 is 2.54 bits per heavy atom. The second-order valence-corrected chi connectivity index (χ2v) is 7.10. The lowest BCUT2D eigenvalue weighted by Crippen LogP contribution is -2.49. The highest BCUT2D eigenvalue weighted by Crippen LogP contribution is 2.13. The molecular formula is C20H30N4O4. The molecule has 2 rings (SSSR count). The second kappa shape index (κ2) is 11.4. The van der Waals surface area contributed by atoms with Gasteiger partial charge in [-0.15, -0.1) is 0 Å². The maximum atomic E-state index is 12.2. The van der Waals surface area contributed by atoms with E-state index < -0.39 is 12.0 Å². The Labute approximate surface area is 165 Å². The first kappa shape index (κ1) is 21.8. The summed E-state index contributed by atoms with van der Waals surface area (Å²) in [4.78, 5) is 35.6. The lowest BCUT2D eigenvalue weighted by Gasteiger charge is -2.18. The van der Waals surface area contributed by atoms with Crippen LogP contribution in [0.25, 0.3) is 0 Å². The predicted octanol–water partition coefficient (Wildman–Crippen LogP) is 1.01. The molecule has 1 aromatic carbocycles. The van der Waals surface area contributed by atoms with Gasteiger partial charge in [-0.1, -0.05) is 18.6 Å². The van der Waals surface area contributed by atoms with E-state index in [2.05, 4.69) is 16.0 Å². The number of benzene rings is 1. The smallest absolute Gasteiger partial charge is 0.326 e. The summed E-state index contributed by atoms with van der Waals surface area (Å²) in [7, 11) is 0. The van der Waals surface area contributed by atoms with Crippen molar-refractivity contribution in [1.82, 2.24) is 10.6 Å². The van der Waals surface area contributed by atoms with Crippen molar-refractivity contribution < 1.29 is 19.5 Å². The lowest BCUT2D eigenvalue weighted by molar-refractivity contribution is -0.142. The quantitative estimate of drug-likeness (QED) is 0.358. The van der Waals surface area contributed by atoms with Crippen molar-refractivity contribution in [3.63, 3.8) is 0 Å².